The summed E-state index contributed by atoms with van der Waals surface area (Å²) in [6, 6.07) is 0. The van der Waals surface area contributed by atoms with Crippen LogP contribution in [-0.2, 0) is 19.0 Å². The lowest BCUT2D eigenvalue weighted by molar-refractivity contribution is -0.221. The van der Waals surface area contributed by atoms with Gasteiger partial charge in [0.25, 0.3) is 0 Å². The van der Waals surface area contributed by atoms with Crippen molar-refractivity contribution < 1.29 is 43.7 Å². The summed E-state index contributed by atoms with van der Waals surface area (Å²) in [5.74, 6) is -1.48. The minimum absolute atomic E-state index is 0.127. The van der Waals surface area contributed by atoms with Gasteiger partial charge in [-0.25, -0.2) is 4.18 Å². The Bertz CT molecular complexity index is 394. The molecule has 11 heteroatoms. The van der Waals surface area contributed by atoms with Crippen LogP contribution in [0.2, 0.25) is 0 Å². The first-order valence-corrected chi connectivity index (χ1v) is 6.50. The van der Waals surface area contributed by atoms with Crippen molar-refractivity contribution in [3.8, 4) is 0 Å². The Morgan fingerprint density at radius 1 is 1.16 bits per heavy atom. The Morgan fingerprint density at radius 3 is 2.11 bits per heavy atom. The van der Waals surface area contributed by atoms with Gasteiger partial charge in [0.2, 0.25) is 0 Å². The van der Waals surface area contributed by atoms with Gasteiger partial charge in [-0.1, -0.05) is 0 Å². The van der Waals surface area contributed by atoms with Gasteiger partial charge in [0.05, 0.1) is 6.61 Å². The van der Waals surface area contributed by atoms with Gasteiger partial charge in [-0.05, 0) is 12.8 Å². The van der Waals surface area contributed by atoms with Crippen molar-refractivity contribution in [2.24, 2.45) is 5.92 Å². The molecule has 0 spiro atoms. The van der Waals surface area contributed by atoms with E-state index in [9.17, 15) is 34.8 Å². The Balaban J connectivity index is 2.94. The first-order chi connectivity index (χ1) is 8.45. The zero-order valence-corrected chi connectivity index (χ0v) is 10.1. The highest BCUT2D eigenvalue weighted by atomic mass is 32.2. The first-order valence-electron chi connectivity index (χ1n) is 5.09. The van der Waals surface area contributed by atoms with Crippen molar-refractivity contribution >= 4 is 10.1 Å². The lowest BCUT2D eigenvalue weighted by Gasteiger charge is -2.30. The van der Waals surface area contributed by atoms with Crippen molar-refractivity contribution in [3.63, 3.8) is 0 Å². The number of ether oxygens (including phenoxy) is 1. The normalized spacial score (nSPS) is 24.2. The van der Waals surface area contributed by atoms with E-state index in [4.69, 9.17) is 4.74 Å². The van der Waals surface area contributed by atoms with E-state index in [0.29, 0.717) is 0 Å². The van der Waals surface area contributed by atoms with Gasteiger partial charge in [-0.3, -0.25) is 0 Å². The molecule has 1 rings (SSSR count). The van der Waals surface area contributed by atoms with Crippen LogP contribution in [0.15, 0.2) is 0 Å². The Hall–Kier alpha value is -0.550. The van der Waals surface area contributed by atoms with Crippen LogP contribution in [-0.4, -0.2) is 39.4 Å². The number of hydrogen-bond acceptors (Lipinski definition) is 4. The second-order valence-electron chi connectivity index (χ2n) is 3.94. The van der Waals surface area contributed by atoms with Crippen molar-refractivity contribution in [2.75, 3.05) is 13.2 Å². The van der Waals surface area contributed by atoms with E-state index in [1.807, 2.05) is 0 Å². The Kier molecular flexibility index (Phi) is 4.73. The van der Waals surface area contributed by atoms with Crippen LogP contribution in [0.1, 0.15) is 12.8 Å². The van der Waals surface area contributed by atoms with Crippen LogP contribution >= 0.6 is 0 Å². The summed E-state index contributed by atoms with van der Waals surface area (Å²) >= 11 is 0. The predicted octanol–water partition coefficient (Wildman–Crippen LogP) is 2.21. The smallest absolute Gasteiger partial charge is 0.381 e. The highest BCUT2D eigenvalue weighted by Gasteiger charge is 2.55. The van der Waals surface area contributed by atoms with Crippen LogP contribution in [0.3, 0.4) is 0 Å². The third-order valence-electron chi connectivity index (χ3n) is 2.46. The highest BCUT2D eigenvalue weighted by molar-refractivity contribution is 7.87. The van der Waals surface area contributed by atoms with Crippen molar-refractivity contribution in [3.05, 3.63) is 0 Å². The van der Waals surface area contributed by atoms with Crippen molar-refractivity contribution in [1.82, 2.24) is 0 Å². The third kappa shape index (κ3) is 4.21. The summed E-state index contributed by atoms with van der Waals surface area (Å²) in [7, 11) is -6.30. The minimum atomic E-state index is -6.30. The molecule has 0 amide bonds. The van der Waals surface area contributed by atoms with Gasteiger partial charge in [0, 0.05) is 12.5 Å². The Labute approximate surface area is 104 Å². The molecule has 2 unspecified atom stereocenters. The maximum atomic E-state index is 12.6. The monoisotopic (exact) mass is 316 g/mol. The minimum Gasteiger partial charge on any atom is -0.381 e. The molecule has 4 nitrogen and oxygen atoms in total. The van der Waals surface area contributed by atoms with Gasteiger partial charge in [-0.15, -0.1) is 0 Å². The van der Waals surface area contributed by atoms with E-state index in [2.05, 4.69) is 4.18 Å². The molecular weight excluding hydrogens is 306 g/mol. The predicted molar refractivity (Wildman–Crippen MR) is 49.4 cm³/mol. The van der Waals surface area contributed by atoms with E-state index in [0.717, 1.165) is 0 Å². The second kappa shape index (κ2) is 5.44. The molecule has 19 heavy (non-hydrogen) atoms. The molecule has 2 atom stereocenters. The summed E-state index contributed by atoms with van der Waals surface area (Å²) in [5.41, 5.74) is -5.90. The molecule has 0 aromatic heterocycles. The van der Waals surface area contributed by atoms with Crippen LogP contribution in [0.5, 0.6) is 0 Å². The zero-order chi connectivity index (χ0) is 14.9. The molecule has 0 aromatic rings. The number of alkyl halides is 6. The van der Waals surface area contributed by atoms with E-state index >= 15 is 0 Å². The van der Waals surface area contributed by atoms with Crippen LogP contribution in [0, 0.1) is 5.92 Å². The molecular formula is C8H10F6O4S. The summed E-state index contributed by atoms with van der Waals surface area (Å²) in [4.78, 5) is 0. The number of halogens is 6. The van der Waals surface area contributed by atoms with Crippen LogP contribution in [0.25, 0.3) is 0 Å². The summed E-state index contributed by atoms with van der Waals surface area (Å²) in [6.07, 6.45) is -8.23. The molecule has 1 fully saturated rings. The van der Waals surface area contributed by atoms with Gasteiger partial charge < -0.3 is 4.74 Å². The molecule has 0 aromatic carbocycles. The third-order valence-corrected chi connectivity index (χ3v) is 3.49. The molecule has 1 aliphatic heterocycles. The molecule has 1 aliphatic rings. The molecule has 0 N–H and O–H groups in total. The van der Waals surface area contributed by atoms with Crippen LogP contribution in [0.4, 0.5) is 26.3 Å². The van der Waals surface area contributed by atoms with Gasteiger partial charge >= 0.3 is 21.8 Å². The van der Waals surface area contributed by atoms with Crippen molar-refractivity contribution in [1.29, 1.82) is 0 Å². The quantitative estimate of drug-likeness (QED) is 0.455. The molecule has 0 bridgehead atoms. The lowest BCUT2D eigenvalue weighted by Crippen LogP contribution is -2.45. The SMILES string of the molecule is O=S(=O)(OC(C1CCCOC1)C(F)(F)F)C(F)(F)F. The topological polar surface area (TPSA) is 52.6 Å². The van der Waals surface area contributed by atoms with Crippen molar-refractivity contribution in [2.45, 2.75) is 30.6 Å². The van der Waals surface area contributed by atoms with Gasteiger partial charge in [0.15, 0.2) is 6.10 Å². The molecule has 0 aliphatic carbocycles. The van der Waals surface area contributed by atoms with Gasteiger partial charge in [-0.2, -0.15) is 34.8 Å². The molecule has 1 heterocycles. The van der Waals surface area contributed by atoms with E-state index < -0.39 is 40.4 Å². The van der Waals surface area contributed by atoms with Gasteiger partial charge in [0.1, 0.15) is 0 Å². The standard InChI is InChI=1S/C8H10F6O4S/c9-7(10,11)6(5-2-1-3-17-4-5)18-19(15,16)8(12,13)14/h5-6H,1-4H2. The number of rotatable bonds is 3. The molecule has 0 radical (unpaired) electrons. The fraction of sp³-hybridized carbons (Fsp3) is 1.00. The molecule has 0 saturated carbocycles. The van der Waals surface area contributed by atoms with E-state index in [1.54, 1.807) is 0 Å². The summed E-state index contributed by atoms with van der Waals surface area (Å²) in [6.45, 7) is -0.329. The lowest BCUT2D eigenvalue weighted by atomic mass is 9.96. The fourth-order valence-electron chi connectivity index (χ4n) is 1.60. The first kappa shape index (κ1) is 16.5. The summed E-state index contributed by atoms with van der Waals surface area (Å²) < 4.78 is 103. The number of hydrogen-bond donors (Lipinski definition) is 0. The maximum absolute atomic E-state index is 12.6. The zero-order valence-electron chi connectivity index (χ0n) is 9.29. The second-order valence-corrected chi connectivity index (χ2v) is 5.50. The summed E-state index contributed by atoms with van der Waals surface area (Å²) in [5, 5.41) is 0. The average Bonchev–Trinajstić information content (AvgIpc) is 2.24. The Morgan fingerprint density at radius 2 is 1.74 bits per heavy atom. The maximum Gasteiger partial charge on any atom is 0.523 e. The molecule has 114 valence electrons. The van der Waals surface area contributed by atoms with E-state index in [-0.39, 0.29) is 19.4 Å². The fourth-order valence-corrected chi connectivity index (χ4v) is 2.24. The largest absolute Gasteiger partial charge is 0.523 e. The van der Waals surface area contributed by atoms with E-state index in [1.165, 1.54) is 0 Å². The average molecular weight is 316 g/mol. The molecule has 1 saturated heterocycles. The van der Waals surface area contributed by atoms with Crippen LogP contribution < -0.4 is 0 Å². The highest BCUT2D eigenvalue weighted by Crippen LogP contribution is 2.36.